The van der Waals surface area contributed by atoms with Crippen LogP contribution in [0.15, 0.2) is 107 Å². The molecule has 4 aromatic carbocycles. The Morgan fingerprint density at radius 2 is 1.42 bits per heavy atom. The molecule has 0 atom stereocenters. The lowest BCUT2D eigenvalue weighted by Gasteiger charge is -2.18. The third-order valence-electron chi connectivity index (χ3n) is 7.48. The van der Waals surface area contributed by atoms with Crippen LogP contribution in [0.3, 0.4) is 0 Å². The molecular weight excluding hydrogens is 617 g/mol. The average Bonchev–Trinajstić information content (AvgIpc) is 3.53. The van der Waals surface area contributed by atoms with Crippen molar-refractivity contribution in [3.8, 4) is 28.0 Å². The zero-order valence-electron chi connectivity index (χ0n) is 24.1. The molecule has 45 heavy (non-hydrogen) atoms. The number of hydrogen-bond acceptors (Lipinski definition) is 8. The van der Waals surface area contributed by atoms with Crippen molar-refractivity contribution >= 4 is 43.1 Å². The fraction of sp³-hybridized carbons (Fsp3) is 0.182. The lowest BCUT2D eigenvalue weighted by Crippen LogP contribution is -2.36. The predicted molar refractivity (Wildman–Crippen MR) is 170 cm³/mol. The number of nitrogens with zero attached hydrogens (tertiary/aromatic N) is 2. The first-order valence-electron chi connectivity index (χ1n) is 14.3. The van der Waals surface area contributed by atoms with Crippen LogP contribution in [0.25, 0.3) is 39.4 Å². The monoisotopic (exact) mass is 646 g/mol. The molecule has 0 saturated carbocycles. The molecule has 232 valence electrons. The lowest BCUT2D eigenvalue weighted by molar-refractivity contribution is -0.677. The number of fused-ring (bicyclic) bond motifs is 2. The van der Waals surface area contributed by atoms with Gasteiger partial charge < -0.3 is 18.6 Å². The molecule has 12 heteroatoms. The minimum Gasteiger partial charge on any atom is -0.748 e. The van der Waals surface area contributed by atoms with Crippen molar-refractivity contribution in [3.63, 3.8) is 0 Å². The van der Waals surface area contributed by atoms with Crippen LogP contribution >= 0.6 is 0 Å². The van der Waals surface area contributed by atoms with Gasteiger partial charge in [-0.3, -0.25) is 4.55 Å². The van der Waals surface area contributed by atoms with Gasteiger partial charge in [-0.05, 0) is 46.9 Å². The Labute approximate surface area is 261 Å². The molecule has 2 heterocycles. The molecule has 10 nitrogen and oxygen atoms in total. The molecule has 0 saturated heterocycles. The van der Waals surface area contributed by atoms with Gasteiger partial charge in [-0.15, -0.1) is 0 Å². The van der Waals surface area contributed by atoms with Crippen LogP contribution < -0.4 is 14.2 Å². The third kappa shape index (κ3) is 7.26. The van der Waals surface area contributed by atoms with Gasteiger partial charge in [0.15, 0.2) is 12.3 Å². The Morgan fingerprint density at radius 3 is 2.07 bits per heavy atom. The first-order valence-corrected chi connectivity index (χ1v) is 17.5. The van der Waals surface area contributed by atoms with Crippen molar-refractivity contribution in [2.75, 3.05) is 23.0 Å². The molecule has 0 aliphatic carbocycles. The normalized spacial score (nSPS) is 14.2. The van der Waals surface area contributed by atoms with E-state index in [4.69, 9.17) is 9.15 Å². The number of hydrogen-bond donors (Lipinski definition) is 1. The topological polar surface area (TPSA) is 141 Å². The van der Waals surface area contributed by atoms with E-state index in [1.54, 1.807) is 10.6 Å². The molecule has 0 spiro atoms. The summed E-state index contributed by atoms with van der Waals surface area (Å²) in [6.07, 6.45) is 1.86. The number of oxazole rings is 1. The first kappa shape index (κ1) is 30.5. The van der Waals surface area contributed by atoms with Crippen LogP contribution in [-0.4, -0.2) is 44.0 Å². The summed E-state index contributed by atoms with van der Waals surface area (Å²) in [6.45, 7) is 0.392. The minimum absolute atomic E-state index is 0.0659. The van der Waals surface area contributed by atoms with Crippen LogP contribution in [0.4, 0.5) is 5.69 Å². The van der Waals surface area contributed by atoms with E-state index in [0.717, 1.165) is 22.3 Å². The maximum Gasteiger partial charge on any atom is 0.379 e. The largest absolute Gasteiger partial charge is 0.748 e. The van der Waals surface area contributed by atoms with Crippen LogP contribution in [0, 0.1) is 0 Å². The zero-order chi connectivity index (χ0) is 31.6. The molecule has 1 N–H and O–H groups in total. The predicted octanol–water partition coefficient (Wildman–Crippen LogP) is 5.46. The highest BCUT2D eigenvalue weighted by Crippen LogP contribution is 2.42. The van der Waals surface area contributed by atoms with Gasteiger partial charge in [-0.1, -0.05) is 72.8 Å². The van der Waals surface area contributed by atoms with Gasteiger partial charge in [0.25, 0.3) is 15.6 Å². The van der Waals surface area contributed by atoms with E-state index >= 15 is 0 Å². The maximum atomic E-state index is 11.5. The number of ether oxygens (including phenoxy) is 1. The number of benzene rings is 4. The van der Waals surface area contributed by atoms with Gasteiger partial charge >= 0.3 is 5.89 Å². The van der Waals surface area contributed by atoms with Crippen molar-refractivity contribution in [3.05, 3.63) is 109 Å². The molecule has 6 rings (SSSR count). The highest BCUT2D eigenvalue weighted by atomic mass is 32.2. The molecule has 0 bridgehead atoms. The minimum atomic E-state index is -4.42. The molecule has 0 amide bonds. The number of aryl methyl sites for hydroxylation is 1. The lowest BCUT2D eigenvalue weighted by atomic mass is 10.0. The summed E-state index contributed by atoms with van der Waals surface area (Å²) >= 11 is 0. The fourth-order valence-electron chi connectivity index (χ4n) is 5.41. The fourth-order valence-corrected chi connectivity index (χ4v) is 6.39. The van der Waals surface area contributed by atoms with Gasteiger partial charge in [0.1, 0.15) is 6.08 Å². The SMILES string of the molecule is O=S(=O)([O-])CCC[n+]1c(/C=C2\Oc3ccc(-c4ccccc4)cc3N2CCCS(=O)(=O)O)oc2ccc(-c3ccccc3)cc21. The van der Waals surface area contributed by atoms with E-state index in [1.165, 1.54) is 0 Å². The maximum absolute atomic E-state index is 11.5. The van der Waals surface area contributed by atoms with Crippen LogP contribution in [0.2, 0.25) is 0 Å². The summed E-state index contributed by atoms with van der Waals surface area (Å²) in [7, 11) is -8.60. The van der Waals surface area contributed by atoms with E-state index in [0.29, 0.717) is 34.3 Å². The van der Waals surface area contributed by atoms with E-state index in [9.17, 15) is 25.9 Å². The Kier molecular flexibility index (Phi) is 8.47. The second-order valence-corrected chi connectivity index (χ2v) is 13.8. The highest BCUT2D eigenvalue weighted by molar-refractivity contribution is 7.85. The first-order chi connectivity index (χ1) is 21.5. The van der Waals surface area contributed by atoms with Crippen molar-refractivity contribution in [2.45, 2.75) is 19.4 Å². The molecule has 0 radical (unpaired) electrons. The Bertz CT molecular complexity index is 2090. The van der Waals surface area contributed by atoms with Gasteiger partial charge in [0.2, 0.25) is 11.5 Å². The quantitative estimate of drug-likeness (QED) is 0.146. The van der Waals surface area contributed by atoms with Gasteiger partial charge in [-0.2, -0.15) is 13.0 Å². The number of rotatable bonds is 11. The summed E-state index contributed by atoms with van der Waals surface area (Å²) in [5.41, 5.74) is 5.81. The second kappa shape index (κ2) is 12.5. The summed E-state index contributed by atoms with van der Waals surface area (Å²) in [6, 6.07) is 31.0. The van der Waals surface area contributed by atoms with E-state index in [1.807, 2.05) is 102 Å². The van der Waals surface area contributed by atoms with Crippen molar-refractivity contribution in [1.82, 2.24) is 0 Å². The molecule has 0 unspecified atom stereocenters. The Balaban J connectivity index is 1.42. The van der Waals surface area contributed by atoms with Crippen molar-refractivity contribution in [2.24, 2.45) is 0 Å². The van der Waals surface area contributed by atoms with Gasteiger partial charge in [0.05, 0.1) is 21.6 Å². The number of aromatic nitrogens is 1. The zero-order valence-corrected chi connectivity index (χ0v) is 25.7. The van der Waals surface area contributed by atoms with Crippen molar-refractivity contribution in [1.29, 1.82) is 0 Å². The Morgan fingerprint density at radius 1 is 0.778 bits per heavy atom. The smallest absolute Gasteiger partial charge is 0.379 e. The van der Waals surface area contributed by atoms with E-state index in [2.05, 4.69) is 0 Å². The highest BCUT2D eigenvalue weighted by Gasteiger charge is 2.31. The number of anilines is 1. The molecule has 1 aromatic heterocycles. The van der Waals surface area contributed by atoms with Crippen LogP contribution in [0.5, 0.6) is 5.75 Å². The average molecular weight is 647 g/mol. The summed E-state index contributed by atoms with van der Waals surface area (Å²) < 4.78 is 80.9. The summed E-state index contributed by atoms with van der Waals surface area (Å²) in [5.74, 6) is 0.301. The second-order valence-electron chi connectivity index (χ2n) is 10.7. The van der Waals surface area contributed by atoms with Gasteiger partial charge in [-0.25, -0.2) is 8.42 Å². The summed E-state index contributed by atoms with van der Waals surface area (Å²) in [4.78, 5) is 1.82. The van der Waals surface area contributed by atoms with Crippen LogP contribution in [0.1, 0.15) is 18.7 Å². The standard InChI is InChI=1S/C33H30N2O8S2/c36-44(37,38)19-7-17-34-28-21-26(24-9-3-1-4-10-24)13-15-30(28)42-32(34)23-33-35(18-8-20-45(39,40)41)29-22-27(14-16-31(29)43-33)25-11-5-2-6-12-25/h1-6,9-16,21-23H,7-8,17-20H2,(H-,36,37,38,39,40,41). The summed E-state index contributed by atoms with van der Waals surface area (Å²) in [5, 5.41) is 0. The Hall–Kier alpha value is -4.49. The molecule has 5 aromatic rings. The van der Waals surface area contributed by atoms with Crippen molar-refractivity contribution < 1.29 is 39.7 Å². The molecular formula is C33H30N2O8S2. The van der Waals surface area contributed by atoms with E-state index in [-0.39, 0.29) is 25.9 Å². The molecule has 1 aliphatic heterocycles. The van der Waals surface area contributed by atoms with E-state index < -0.39 is 31.7 Å². The molecule has 1 aliphatic rings. The van der Waals surface area contributed by atoms with Crippen LogP contribution in [-0.2, 0) is 26.8 Å². The van der Waals surface area contributed by atoms with Gasteiger partial charge in [0, 0.05) is 24.8 Å². The third-order valence-corrected chi connectivity index (χ3v) is 9.08. The molecule has 0 fully saturated rings.